The van der Waals surface area contributed by atoms with E-state index in [4.69, 9.17) is 5.10 Å². The van der Waals surface area contributed by atoms with Crippen molar-refractivity contribution < 1.29 is 5.11 Å². The summed E-state index contributed by atoms with van der Waals surface area (Å²) in [7, 11) is 0. The van der Waals surface area contributed by atoms with Crippen LogP contribution < -0.4 is 0 Å². The third-order valence-electron chi connectivity index (χ3n) is 5.39. The highest BCUT2D eigenvalue weighted by atomic mass is 16.3. The topological polar surface area (TPSA) is 38.0 Å². The molecule has 0 saturated heterocycles. The Balaban J connectivity index is 1.49. The van der Waals surface area contributed by atoms with Crippen LogP contribution in [0.5, 0.6) is 0 Å². The fraction of sp³-hybridized carbons (Fsp3) is 0.833. The SMILES string of the molecule is OC(Cc1ccn(C2CCCCC2)n1)CC1CCCCC1. The Bertz CT molecular complexity index is 417. The molecule has 118 valence electrons. The first-order valence-corrected chi connectivity index (χ1v) is 9.03. The van der Waals surface area contributed by atoms with Crippen molar-refractivity contribution in [1.82, 2.24) is 9.78 Å². The lowest BCUT2D eigenvalue weighted by Gasteiger charge is -2.24. The van der Waals surface area contributed by atoms with Gasteiger partial charge in [0, 0.05) is 12.6 Å². The summed E-state index contributed by atoms with van der Waals surface area (Å²) in [5.74, 6) is 0.745. The van der Waals surface area contributed by atoms with Crippen LogP contribution in [-0.4, -0.2) is 21.0 Å². The average Bonchev–Trinajstić information content (AvgIpc) is 2.97. The minimum absolute atomic E-state index is 0.206. The summed E-state index contributed by atoms with van der Waals surface area (Å²) in [5.41, 5.74) is 1.07. The van der Waals surface area contributed by atoms with E-state index in [1.54, 1.807) is 0 Å². The van der Waals surface area contributed by atoms with E-state index >= 15 is 0 Å². The van der Waals surface area contributed by atoms with E-state index in [0.29, 0.717) is 6.04 Å². The van der Waals surface area contributed by atoms with Gasteiger partial charge in [-0.05, 0) is 31.2 Å². The second kappa shape index (κ2) is 7.44. The molecule has 2 fully saturated rings. The van der Waals surface area contributed by atoms with Gasteiger partial charge in [-0.25, -0.2) is 0 Å². The summed E-state index contributed by atoms with van der Waals surface area (Å²) in [4.78, 5) is 0. The van der Waals surface area contributed by atoms with Gasteiger partial charge in [-0.2, -0.15) is 5.10 Å². The lowest BCUT2D eigenvalue weighted by Crippen LogP contribution is -2.19. The number of aliphatic hydroxyl groups is 1. The Labute approximate surface area is 128 Å². The molecule has 21 heavy (non-hydrogen) atoms. The number of aromatic nitrogens is 2. The number of hydrogen-bond donors (Lipinski definition) is 1. The Kier molecular flexibility index (Phi) is 5.34. The van der Waals surface area contributed by atoms with E-state index in [1.807, 2.05) is 0 Å². The second-order valence-electron chi connectivity index (χ2n) is 7.18. The zero-order chi connectivity index (χ0) is 14.5. The maximum absolute atomic E-state index is 10.3. The predicted octanol–water partition coefficient (Wildman–Crippen LogP) is 4.26. The molecule has 3 heteroatoms. The van der Waals surface area contributed by atoms with Gasteiger partial charge in [-0.15, -0.1) is 0 Å². The van der Waals surface area contributed by atoms with Gasteiger partial charge in [0.25, 0.3) is 0 Å². The van der Waals surface area contributed by atoms with Gasteiger partial charge in [0.05, 0.1) is 17.8 Å². The molecule has 0 radical (unpaired) electrons. The zero-order valence-electron chi connectivity index (χ0n) is 13.2. The maximum atomic E-state index is 10.3. The molecule has 3 nitrogen and oxygen atoms in total. The molecule has 1 aromatic rings. The number of rotatable bonds is 5. The Hall–Kier alpha value is -0.830. The quantitative estimate of drug-likeness (QED) is 0.879. The fourth-order valence-corrected chi connectivity index (χ4v) is 4.17. The lowest BCUT2D eigenvalue weighted by molar-refractivity contribution is 0.129. The minimum Gasteiger partial charge on any atom is -0.393 e. The summed E-state index contributed by atoms with van der Waals surface area (Å²) in [5, 5.41) is 15.0. The number of nitrogens with zero attached hydrogens (tertiary/aromatic N) is 2. The molecule has 1 aromatic heterocycles. The molecule has 3 rings (SSSR count). The normalized spacial score (nSPS) is 23.3. The van der Waals surface area contributed by atoms with Crippen molar-refractivity contribution in [2.45, 2.75) is 89.2 Å². The molecule has 2 aliphatic rings. The summed E-state index contributed by atoms with van der Waals surface area (Å²) < 4.78 is 2.15. The summed E-state index contributed by atoms with van der Waals surface area (Å²) in [6.45, 7) is 0. The van der Waals surface area contributed by atoms with Crippen LogP contribution in [-0.2, 0) is 6.42 Å². The van der Waals surface area contributed by atoms with Crippen molar-refractivity contribution in [2.24, 2.45) is 5.92 Å². The zero-order valence-corrected chi connectivity index (χ0v) is 13.2. The minimum atomic E-state index is -0.206. The molecule has 1 heterocycles. The second-order valence-corrected chi connectivity index (χ2v) is 7.18. The standard InChI is InChI=1S/C18H30N2O/c21-18(13-15-7-3-1-4-8-15)14-16-11-12-20(19-16)17-9-5-2-6-10-17/h11-12,15,17-18,21H,1-10,13-14H2. The molecule has 2 saturated carbocycles. The highest BCUT2D eigenvalue weighted by Crippen LogP contribution is 2.29. The molecular formula is C18H30N2O. The van der Waals surface area contributed by atoms with E-state index in [-0.39, 0.29) is 6.10 Å². The Morgan fingerprint density at radius 2 is 1.71 bits per heavy atom. The molecule has 0 aromatic carbocycles. The van der Waals surface area contributed by atoms with Gasteiger partial charge >= 0.3 is 0 Å². The van der Waals surface area contributed by atoms with Crippen LogP contribution in [0.25, 0.3) is 0 Å². The van der Waals surface area contributed by atoms with Gasteiger partial charge in [0.1, 0.15) is 0 Å². The molecule has 0 spiro atoms. The van der Waals surface area contributed by atoms with Crippen LogP contribution in [0.15, 0.2) is 12.3 Å². The van der Waals surface area contributed by atoms with E-state index in [1.165, 1.54) is 64.2 Å². The van der Waals surface area contributed by atoms with Gasteiger partial charge in [-0.3, -0.25) is 4.68 Å². The van der Waals surface area contributed by atoms with Gasteiger partial charge in [-0.1, -0.05) is 51.4 Å². The van der Waals surface area contributed by atoms with Gasteiger partial charge in [0.2, 0.25) is 0 Å². The van der Waals surface area contributed by atoms with Crippen molar-refractivity contribution in [3.8, 4) is 0 Å². The monoisotopic (exact) mass is 290 g/mol. The van der Waals surface area contributed by atoms with Crippen LogP contribution in [0.2, 0.25) is 0 Å². The van der Waals surface area contributed by atoms with Crippen LogP contribution in [0.1, 0.15) is 82.4 Å². The van der Waals surface area contributed by atoms with Gasteiger partial charge in [0.15, 0.2) is 0 Å². The van der Waals surface area contributed by atoms with Crippen LogP contribution in [0, 0.1) is 5.92 Å². The summed E-state index contributed by atoms with van der Waals surface area (Å²) in [6, 6.07) is 2.71. The van der Waals surface area contributed by atoms with Crippen molar-refractivity contribution in [3.63, 3.8) is 0 Å². The van der Waals surface area contributed by atoms with Crippen molar-refractivity contribution in [2.75, 3.05) is 0 Å². The van der Waals surface area contributed by atoms with Crippen LogP contribution in [0.4, 0.5) is 0 Å². The molecular weight excluding hydrogens is 260 g/mol. The number of hydrogen-bond acceptors (Lipinski definition) is 2. The summed E-state index contributed by atoms with van der Waals surface area (Å²) in [6.07, 6.45) is 16.9. The molecule has 1 atom stereocenters. The highest BCUT2D eigenvalue weighted by molar-refractivity contribution is 5.02. The highest BCUT2D eigenvalue weighted by Gasteiger charge is 2.20. The van der Waals surface area contributed by atoms with E-state index < -0.39 is 0 Å². The lowest BCUT2D eigenvalue weighted by atomic mass is 9.85. The van der Waals surface area contributed by atoms with E-state index in [2.05, 4.69) is 16.9 Å². The van der Waals surface area contributed by atoms with E-state index in [9.17, 15) is 5.11 Å². The fourth-order valence-electron chi connectivity index (χ4n) is 4.17. The van der Waals surface area contributed by atoms with Crippen molar-refractivity contribution in [1.29, 1.82) is 0 Å². The first kappa shape index (κ1) is 15.1. The molecule has 1 unspecified atom stereocenters. The first-order valence-electron chi connectivity index (χ1n) is 9.03. The smallest absolute Gasteiger partial charge is 0.0650 e. The first-order chi connectivity index (χ1) is 10.3. The average molecular weight is 290 g/mol. The molecule has 0 bridgehead atoms. The molecule has 1 N–H and O–H groups in total. The predicted molar refractivity (Wildman–Crippen MR) is 85.3 cm³/mol. The third-order valence-corrected chi connectivity index (χ3v) is 5.39. The Morgan fingerprint density at radius 1 is 1.05 bits per heavy atom. The van der Waals surface area contributed by atoms with Crippen molar-refractivity contribution in [3.05, 3.63) is 18.0 Å². The van der Waals surface area contributed by atoms with Gasteiger partial charge < -0.3 is 5.11 Å². The van der Waals surface area contributed by atoms with Crippen LogP contribution >= 0.6 is 0 Å². The van der Waals surface area contributed by atoms with Crippen LogP contribution in [0.3, 0.4) is 0 Å². The van der Waals surface area contributed by atoms with Crippen molar-refractivity contribution >= 4 is 0 Å². The third kappa shape index (κ3) is 4.32. The maximum Gasteiger partial charge on any atom is 0.0650 e. The summed E-state index contributed by atoms with van der Waals surface area (Å²) >= 11 is 0. The molecule has 0 aliphatic heterocycles. The molecule has 0 amide bonds. The Morgan fingerprint density at radius 3 is 2.43 bits per heavy atom. The van der Waals surface area contributed by atoms with E-state index in [0.717, 1.165) is 24.5 Å². The molecule has 2 aliphatic carbocycles. The number of aliphatic hydroxyl groups excluding tert-OH is 1. The largest absolute Gasteiger partial charge is 0.393 e.